The van der Waals surface area contributed by atoms with Gasteiger partial charge < -0.3 is 4.57 Å². The normalized spacial score (nSPS) is 11.7. The summed E-state index contributed by atoms with van der Waals surface area (Å²) in [5, 5.41) is 1.43. The zero-order valence-electron chi connectivity index (χ0n) is 12.3. The lowest BCUT2D eigenvalue weighted by Gasteiger charge is -2.10. The molecule has 2 aromatic carbocycles. The SMILES string of the molecule is Cn1cc(-c2cccc(S(C)(=O)=O)c2)c2ccccc2c1=O. The fraction of sp³-hybridized carbons (Fsp3) is 0.118. The Morgan fingerprint density at radius 1 is 0.955 bits per heavy atom. The number of aromatic nitrogens is 1. The van der Waals surface area contributed by atoms with E-state index in [4.69, 9.17) is 0 Å². The maximum Gasteiger partial charge on any atom is 0.258 e. The third-order valence-corrected chi connectivity index (χ3v) is 4.77. The van der Waals surface area contributed by atoms with Crippen molar-refractivity contribution in [3.05, 3.63) is 65.1 Å². The largest absolute Gasteiger partial charge is 0.317 e. The maximum atomic E-state index is 12.2. The Bertz CT molecular complexity index is 1030. The molecule has 0 N–H and O–H groups in total. The lowest BCUT2D eigenvalue weighted by molar-refractivity contribution is 0.602. The van der Waals surface area contributed by atoms with E-state index in [0.717, 1.165) is 16.5 Å². The number of fused-ring (bicyclic) bond motifs is 1. The predicted octanol–water partition coefficient (Wildman–Crippen LogP) is 2.61. The Morgan fingerprint density at radius 3 is 2.32 bits per heavy atom. The van der Waals surface area contributed by atoms with Gasteiger partial charge in [-0.15, -0.1) is 0 Å². The van der Waals surface area contributed by atoms with Crippen LogP contribution >= 0.6 is 0 Å². The first-order chi connectivity index (χ1) is 10.4. The molecule has 4 nitrogen and oxygen atoms in total. The molecular weight excluding hydrogens is 298 g/mol. The number of hydrogen-bond acceptors (Lipinski definition) is 3. The van der Waals surface area contributed by atoms with Gasteiger partial charge in [-0.25, -0.2) is 8.42 Å². The summed E-state index contributed by atoms with van der Waals surface area (Å²) < 4.78 is 25.0. The van der Waals surface area contributed by atoms with Crippen molar-refractivity contribution in [1.82, 2.24) is 4.57 Å². The molecule has 0 saturated heterocycles. The van der Waals surface area contributed by atoms with Crippen LogP contribution in [0, 0.1) is 0 Å². The second-order valence-electron chi connectivity index (χ2n) is 5.30. The van der Waals surface area contributed by atoms with E-state index in [1.807, 2.05) is 24.3 Å². The van der Waals surface area contributed by atoms with Gasteiger partial charge in [0, 0.05) is 30.4 Å². The molecule has 0 fully saturated rings. The van der Waals surface area contributed by atoms with Crippen molar-refractivity contribution in [3.63, 3.8) is 0 Å². The minimum atomic E-state index is -3.27. The zero-order chi connectivity index (χ0) is 15.9. The quantitative estimate of drug-likeness (QED) is 0.731. The summed E-state index contributed by atoms with van der Waals surface area (Å²) in [6, 6.07) is 14.1. The number of benzene rings is 2. The zero-order valence-corrected chi connectivity index (χ0v) is 13.1. The Hall–Kier alpha value is -2.40. The Kier molecular flexibility index (Phi) is 3.37. The fourth-order valence-electron chi connectivity index (χ4n) is 2.54. The van der Waals surface area contributed by atoms with Gasteiger partial charge in [-0.2, -0.15) is 0 Å². The van der Waals surface area contributed by atoms with Gasteiger partial charge in [-0.3, -0.25) is 4.79 Å². The number of pyridine rings is 1. The van der Waals surface area contributed by atoms with E-state index in [1.165, 1.54) is 10.8 Å². The number of hydrogen-bond donors (Lipinski definition) is 0. The minimum absolute atomic E-state index is 0.0707. The van der Waals surface area contributed by atoms with Crippen LogP contribution in [0.3, 0.4) is 0 Å². The first-order valence-electron chi connectivity index (χ1n) is 6.77. The van der Waals surface area contributed by atoms with E-state index in [2.05, 4.69) is 0 Å². The first-order valence-corrected chi connectivity index (χ1v) is 8.66. The highest BCUT2D eigenvalue weighted by Gasteiger charge is 2.12. The van der Waals surface area contributed by atoms with Crippen molar-refractivity contribution in [2.24, 2.45) is 7.05 Å². The molecule has 0 saturated carbocycles. The molecule has 0 amide bonds. The second kappa shape index (κ2) is 5.10. The molecule has 0 unspecified atom stereocenters. The van der Waals surface area contributed by atoms with Crippen LogP contribution in [-0.2, 0) is 16.9 Å². The number of aryl methyl sites for hydroxylation is 1. The highest BCUT2D eigenvalue weighted by molar-refractivity contribution is 7.90. The summed E-state index contributed by atoms with van der Waals surface area (Å²) in [5.74, 6) is 0. The summed E-state index contributed by atoms with van der Waals surface area (Å²) in [6.45, 7) is 0. The number of nitrogens with zero attached hydrogens (tertiary/aromatic N) is 1. The summed E-state index contributed by atoms with van der Waals surface area (Å²) >= 11 is 0. The third-order valence-electron chi connectivity index (χ3n) is 3.66. The monoisotopic (exact) mass is 313 g/mol. The van der Waals surface area contributed by atoms with Gasteiger partial charge in [0.2, 0.25) is 0 Å². The van der Waals surface area contributed by atoms with Crippen LogP contribution in [0.25, 0.3) is 21.9 Å². The van der Waals surface area contributed by atoms with Crippen molar-refractivity contribution in [1.29, 1.82) is 0 Å². The van der Waals surface area contributed by atoms with Crippen LogP contribution in [0.1, 0.15) is 0 Å². The summed E-state index contributed by atoms with van der Waals surface area (Å²) in [6.07, 6.45) is 2.93. The van der Waals surface area contributed by atoms with E-state index in [9.17, 15) is 13.2 Å². The molecule has 1 heterocycles. The van der Waals surface area contributed by atoms with Gasteiger partial charge in [0.1, 0.15) is 0 Å². The summed E-state index contributed by atoms with van der Waals surface area (Å²) in [7, 11) is -1.58. The number of rotatable bonds is 2. The number of sulfone groups is 1. The maximum absolute atomic E-state index is 12.2. The van der Waals surface area contributed by atoms with E-state index < -0.39 is 9.84 Å². The molecule has 0 aliphatic carbocycles. The smallest absolute Gasteiger partial charge is 0.258 e. The van der Waals surface area contributed by atoms with Crippen molar-refractivity contribution in [3.8, 4) is 11.1 Å². The molecule has 1 aromatic heterocycles. The molecular formula is C17H15NO3S. The molecule has 0 bridgehead atoms. The van der Waals surface area contributed by atoms with Crippen molar-refractivity contribution in [2.75, 3.05) is 6.26 Å². The average Bonchev–Trinajstić information content (AvgIpc) is 2.50. The highest BCUT2D eigenvalue weighted by Crippen LogP contribution is 2.28. The molecule has 0 aliphatic heterocycles. The molecule has 22 heavy (non-hydrogen) atoms. The van der Waals surface area contributed by atoms with Crippen LogP contribution < -0.4 is 5.56 Å². The van der Waals surface area contributed by atoms with Crippen LogP contribution in [0.4, 0.5) is 0 Å². The first kappa shape index (κ1) is 14.5. The molecule has 0 aliphatic rings. The molecule has 0 spiro atoms. The third kappa shape index (κ3) is 2.44. The Labute approximate surface area is 128 Å². The van der Waals surface area contributed by atoms with E-state index in [0.29, 0.717) is 5.39 Å². The summed E-state index contributed by atoms with van der Waals surface area (Å²) in [5.41, 5.74) is 1.54. The molecule has 5 heteroatoms. The summed E-state index contributed by atoms with van der Waals surface area (Å²) in [4.78, 5) is 12.5. The molecule has 112 valence electrons. The van der Waals surface area contributed by atoms with Gasteiger partial charge in [0.05, 0.1) is 4.90 Å². The van der Waals surface area contributed by atoms with Crippen molar-refractivity contribution < 1.29 is 8.42 Å². The van der Waals surface area contributed by atoms with Gasteiger partial charge in [-0.05, 0) is 29.1 Å². The fourth-order valence-corrected chi connectivity index (χ4v) is 3.21. The Balaban J connectivity index is 2.37. The minimum Gasteiger partial charge on any atom is -0.317 e. The van der Waals surface area contributed by atoms with Crippen LogP contribution in [0.15, 0.2) is 64.4 Å². The predicted molar refractivity (Wildman–Crippen MR) is 87.7 cm³/mol. The average molecular weight is 313 g/mol. The van der Waals surface area contributed by atoms with E-state index in [-0.39, 0.29) is 10.5 Å². The Morgan fingerprint density at radius 2 is 1.64 bits per heavy atom. The van der Waals surface area contributed by atoms with Crippen molar-refractivity contribution >= 4 is 20.6 Å². The lowest BCUT2D eigenvalue weighted by Crippen LogP contribution is -2.16. The van der Waals surface area contributed by atoms with Gasteiger partial charge in [0.25, 0.3) is 5.56 Å². The standard InChI is InChI=1S/C17H15NO3S/c1-18-11-16(14-8-3-4-9-15(14)17(18)19)12-6-5-7-13(10-12)22(2,20)21/h3-11H,1-2H3. The van der Waals surface area contributed by atoms with Gasteiger partial charge in [0.15, 0.2) is 9.84 Å². The van der Waals surface area contributed by atoms with E-state index in [1.54, 1.807) is 37.5 Å². The highest BCUT2D eigenvalue weighted by atomic mass is 32.2. The molecule has 3 rings (SSSR count). The van der Waals surface area contributed by atoms with Crippen molar-refractivity contribution in [2.45, 2.75) is 4.90 Å². The van der Waals surface area contributed by atoms with Gasteiger partial charge in [-0.1, -0.05) is 30.3 Å². The second-order valence-corrected chi connectivity index (χ2v) is 7.32. The van der Waals surface area contributed by atoms with Gasteiger partial charge >= 0.3 is 0 Å². The molecule has 0 radical (unpaired) electrons. The van der Waals surface area contributed by atoms with Crippen LogP contribution in [-0.4, -0.2) is 19.2 Å². The van der Waals surface area contributed by atoms with E-state index >= 15 is 0 Å². The van der Waals surface area contributed by atoms with Crippen LogP contribution in [0.2, 0.25) is 0 Å². The topological polar surface area (TPSA) is 56.1 Å². The molecule has 3 aromatic rings. The lowest BCUT2D eigenvalue weighted by atomic mass is 10.0. The van der Waals surface area contributed by atoms with Crippen LogP contribution in [0.5, 0.6) is 0 Å². The molecule has 0 atom stereocenters.